The Morgan fingerprint density at radius 2 is 2.05 bits per heavy atom. The molecular formula is C15H18N2O3S. The van der Waals surface area contributed by atoms with Gasteiger partial charge in [0.25, 0.3) is 0 Å². The normalized spacial score (nSPS) is 13.7. The van der Waals surface area contributed by atoms with E-state index in [9.17, 15) is 4.79 Å². The van der Waals surface area contributed by atoms with Crippen LogP contribution in [0.5, 0.6) is 0 Å². The van der Waals surface area contributed by atoms with Crippen LogP contribution in [0.4, 0.5) is 0 Å². The minimum Gasteiger partial charge on any atom is -0.469 e. The number of thioether (sulfide) groups is 1. The van der Waals surface area contributed by atoms with Gasteiger partial charge in [0.15, 0.2) is 0 Å². The molecule has 0 aliphatic rings. The molecule has 2 rings (SSSR count). The van der Waals surface area contributed by atoms with E-state index in [0.29, 0.717) is 18.1 Å². The van der Waals surface area contributed by atoms with Crippen molar-refractivity contribution in [3.8, 4) is 11.4 Å². The fourth-order valence-corrected chi connectivity index (χ4v) is 3.02. The van der Waals surface area contributed by atoms with Crippen LogP contribution in [0.2, 0.25) is 0 Å². The summed E-state index contributed by atoms with van der Waals surface area (Å²) in [6.07, 6.45) is 0.366. The number of hydrogen-bond acceptors (Lipinski definition) is 6. The summed E-state index contributed by atoms with van der Waals surface area (Å²) < 4.78 is 9.98. The van der Waals surface area contributed by atoms with Gasteiger partial charge in [-0.2, -0.15) is 4.98 Å². The molecule has 1 aromatic heterocycles. The molecule has 112 valence electrons. The van der Waals surface area contributed by atoms with Crippen molar-refractivity contribution >= 4 is 17.7 Å². The van der Waals surface area contributed by atoms with Crippen molar-refractivity contribution in [1.29, 1.82) is 0 Å². The number of aromatic nitrogens is 2. The zero-order valence-corrected chi connectivity index (χ0v) is 13.1. The topological polar surface area (TPSA) is 65.2 Å². The van der Waals surface area contributed by atoms with Crippen LogP contribution >= 0.6 is 11.8 Å². The van der Waals surface area contributed by atoms with Gasteiger partial charge in [-0.3, -0.25) is 4.79 Å². The van der Waals surface area contributed by atoms with Gasteiger partial charge in [0.05, 0.1) is 18.8 Å². The quantitative estimate of drug-likeness (QED) is 0.761. The van der Waals surface area contributed by atoms with E-state index in [0.717, 1.165) is 5.56 Å². The highest BCUT2D eigenvalue weighted by Crippen LogP contribution is 2.33. The van der Waals surface area contributed by atoms with Crippen molar-refractivity contribution in [2.75, 3.05) is 7.11 Å². The first kappa shape index (κ1) is 15.6. The molecule has 0 aliphatic carbocycles. The van der Waals surface area contributed by atoms with Crippen LogP contribution in [0.15, 0.2) is 34.9 Å². The fraction of sp³-hybridized carbons (Fsp3) is 0.400. The lowest BCUT2D eigenvalue weighted by molar-refractivity contribution is -0.140. The summed E-state index contributed by atoms with van der Waals surface area (Å²) in [5.41, 5.74) is 0.923. The van der Waals surface area contributed by atoms with Crippen LogP contribution in [-0.2, 0) is 9.53 Å². The molecular weight excluding hydrogens is 288 g/mol. The van der Waals surface area contributed by atoms with E-state index in [4.69, 9.17) is 4.52 Å². The van der Waals surface area contributed by atoms with Crippen LogP contribution in [0.1, 0.15) is 31.4 Å². The Bertz CT molecular complexity index is 586. The minimum absolute atomic E-state index is 0.0228. The zero-order chi connectivity index (χ0) is 15.2. The average Bonchev–Trinajstić information content (AvgIpc) is 2.97. The van der Waals surface area contributed by atoms with Gasteiger partial charge in [0.2, 0.25) is 11.7 Å². The number of benzene rings is 1. The molecule has 0 bridgehead atoms. The van der Waals surface area contributed by atoms with Gasteiger partial charge in [-0.05, 0) is 6.92 Å². The van der Waals surface area contributed by atoms with Crippen LogP contribution < -0.4 is 0 Å². The van der Waals surface area contributed by atoms with Crippen LogP contribution in [0.25, 0.3) is 11.4 Å². The molecule has 0 unspecified atom stereocenters. The predicted octanol–water partition coefficient (Wildman–Crippen LogP) is 3.48. The standard InChI is InChI=1S/C15H18N2O3S/c1-10(9-13(18)19-3)21-11(2)15-16-14(17-20-15)12-7-5-4-6-8-12/h4-8,10-11H,9H2,1-3H3/t10-,11+/m1/s1. The van der Waals surface area contributed by atoms with E-state index in [-0.39, 0.29) is 16.5 Å². The van der Waals surface area contributed by atoms with Crippen LogP contribution in [-0.4, -0.2) is 28.5 Å². The van der Waals surface area contributed by atoms with Gasteiger partial charge in [-0.1, -0.05) is 42.4 Å². The summed E-state index contributed by atoms with van der Waals surface area (Å²) in [6.45, 7) is 3.97. The monoisotopic (exact) mass is 306 g/mol. The van der Waals surface area contributed by atoms with E-state index in [1.807, 2.05) is 44.2 Å². The third-order valence-electron chi connectivity index (χ3n) is 2.94. The molecule has 2 atom stereocenters. The number of carbonyl (C=O) groups is 1. The summed E-state index contributed by atoms with van der Waals surface area (Å²) in [6, 6.07) is 9.68. The number of ether oxygens (including phenoxy) is 1. The fourth-order valence-electron chi connectivity index (χ4n) is 1.88. The zero-order valence-electron chi connectivity index (χ0n) is 12.3. The predicted molar refractivity (Wildman–Crippen MR) is 81.8 cm³/mol. The number of hydrogen-bond donors (Lipinski definition) is 0. The highest BCUT2D eigenvalue weighted by Gasteiger charge is 2.20. The number of methoxy groups -OCH3 is 1. The van der Waals surface area contributed by atoms with E-state index < -0.39 is 0 Å². The molecule has 0 saturated heterocycles. The Hall–Kier alpha value is -1.82. The Morgan fingerprint density at radius 3 is 2.71 bits per heavy atom. The van der Waals surface area contributed by atoms with Gasteiger partial charge in [-0.15, -0.1) is 11.8 Å². The van der Waals surface area contributed by atoms with Gasteiger partial charge in [-0.25, -0.2) is 0 Å². The van der Waals surface area contributed by atoms with Crippen molar-refractivity contribution in [3.05, 3.63) is 36.2 Å². The SMILES string of the molecule is COC(=O)C[C@@H](C)S[C@@H](C)c1nc(-c2ccccc2)no1. The molecule has 0 spiro atoms. The van der Waals surface area contributed by atoms with Gasteiger partial charge in [0, 0.05) is 10.8 Å². The second kappa shape index (κ2) is 7.26. The first-order valence-corrected chi connectivity index (χ1v) is 7.65. The molecule has 21 heavy (non-hydrogen) atoms. The lowest BCUT2D eigenvalue weighted by Gasteiger charge is -2.12. The summed E-state index contributed by atoms with van der Waals surface area (Å²) in [5.74, 6) is 0.937. The number of nitrogens with zero attached hydrogens (tertiary/aromatic N) is 2. The third kappa shape index (κ3) is 4.32. The average molecular weight is 306 g/mol. The molecule has 6 heteroatoms. The van der Waals surface area contributed by atoms with Crippen molar-refractivity contribution < 1.29 is 14.1 Å². The van der Waals surface area contributed by atoms with Crippen molar-refractivity contribution in [2.45, 2.75) is 30.8 Å². The maximum Gasteiger partial charge on any atom is 0.306 e. The Balaban J connectivity index is 1.99. The molecule has 0 fully saturated rings. The van der Waals surface area contributed by atoms with E-state index >= 15 is 0 Å². The highest BCUT2D eigenvalue weighted by atomic mass is 32.2. The molecule has 1 heterocycles. The maximum atomic E-state index is 11.2. The molecule has 0 saturated carbocycles. The number of rotatable bonds is 6. The number of carbonyl (C=O) groups excluding carboxylic acids is 1. The van der Waals surface area contributed by atoms with Crippen LogP contribution in [0, 0.1) is 0 Å². The summed E-state index contributed by atoms with van der Waals surface area (Å²) in [5, 5.41) is 4.15. The summed E-state index contributed by atoms with van der Waals surface area (Å²) in [4.78, 5) is 15.7. The molecule has 0 amide bonds. The first-order chi connectivity index (χ1) is 10.1. The van der Waals surface area contributed by atoms with Crippen molar-refractivity contribution in [1.82, 2.24) is 10.1 Å². The number of esters is 1. The molecule has 1 aromatic carbocycles. The first-order valence-electron chi connectivity index (χ1n) is 6.71. The Kier molecular flexibility index (Phi) is 5.38. The highest BCUT2D eigenvalue weighted by molar-refractivity contribution is 8.00. The van der Waals surface area contributed by atoms with Crippen molar-refractivity contribution in [2.24, 2.45) is 0 Å². The lowest BCUT2D eigenvalue weighted by Crippen LogP contribution is -2.09. The minimum atomic E-state index is -0.210. The van der Waals surface area contributed by atoms with Gasteiger partial charge >= 0.3 is 5.97 Å². The van der Waals surface area contributed by atoms with E-state index in [1.165, 1.54) is 7.11 Å². The molecule has 2 aromatic rings. The smallest absolute Gasteiger partial charge is 0.306 e. The molecule has 0 N–H and O–H groups in total. The van der Waals surface area contributed by atoms with Crippen LogP contribution in [0.3, 0.4) is 0 Å². The van der Waals surface area contributed by atoms with E-state index in [1.54, 1.807) is 11.8 Å². The Labute approximate surface area is 128 Å². The molecule has 0 radical (unpaired) electrons. The lowest BCUT2D eigenvalue weighted by atomic mass is 10.2. The largest absolute Gasteiger partial charge is 0.469 e. The molecule has 5 nitrogen and oxygen atoms in total. The van der Waals surface area contributed by atoms with Gasteiger partial charge in [0.1, 0.15) is 0 Å². The Morgan fingerprint density at radius 1 is 1.33 bits per heavy atom. The summed E-state index contributed by atoms with van der Waals surface area (Å²) >= 11 is 1.61. The second-order valence-electron chi connectivity index (χ2n) is 4.69. The summed E-state index contributed by atoms with van der Waals surface area (Å²) in [7, 11) is 1.40. The third-order valence-corrected chi connectivity index (χ3v) is 4.18. The van der Waals surface area contributed by atoms with Gasteiger partial charge < -0.3 is 9.26 Å². The second-order valence-corrected chi connectivity index (χ2v) is 6.48. The molecule has 0 aliphatic heterocycles. The van der Waals surface area contributed by atoms with Crippen molar-refractivity contribution in [3.63, 3.8) is 0 Å². The van der Waals surface area contributed by atoms with E-state index in [2.05, 4.69) is 14.9 Å². The maximum absolute atomic E-state index is 11.2.